The number of aryl methyl sites for hydroxylation is 1. The number of thioether (sulfide) groups is 1. The van der Waals surface area contributed by atoms with Crippen LogP contribution >= 0.6 is 11.8 Å². The van der Waals surface area contributed by atoms with Crippen LogP contribution in [0.2, 0.25) is 0 Å². The van der Waals surface area contributed by atoms with Crippen molar-refractivity contribution in [2.24, 2.45) is 0 Å². The minimum absolute atomic E-state index is 0.111. The van der Waals surface area contributed by atoms with E-state index in [2.05, 4.69) is 90.7 Å². The zero-order chi connectivity index (χ0) is 22.7. The third-order valence-corrected chi connectivity index (χ3v) is 7.20. The second kappa shape index (κ2) is 12.7. The average molecular weight is 448 g/mol. The maximum absolute atomic E-state index is 6.65. The van der Waals surface area contributed by atoms with E-state index in [-0.39, 0.29) is 5.60 Å². The number of benzene rings is 3. The summed E-state index contributed by atoms with van der Waals surface area (Å²) in [4.78, 5) is 3.92. The van der Waals surface area contributed by atoms with Gasteiger partial charge in [-0.05, 0) is 43.2 Å². The molecule has 1 saturated heterocycles. The molecule has 170 valence electrons. The molecule has 3 aromatic carbocycles. The first-order chi connectivity index (χ1) is 15.7. The van der Waals surface area contributed by atoms with Gasteiger partial charge in [-0.2, -0.15) is 0 Å². The highest BCUT2D eigenvalue weighted by Crippen LogP contribution is 2.34. The molecule has 1 heterocycles. The van der Waals surface area contributed by atoms with E-state index in [4.69, 9.17) is 4.74 Å². The van der Waals surface area contributed by atoms with Gasteiger partial charge in [-0.25, -0.2) is 0 Å². The van der Waals surface area contributed by atoms with Crippen molar-refractivity contribution in [2.45, 2.75) is 50.5 Å². The number of hydrogen-bond acceptors (Lipinski definition) is 3. The molecule has 32 heavy (non-hydrogen) atoms. The molecule has 0 aromatic heterocycles. The van der Waals surface area contributed by atoms with Gasteiger partial charge in [0.2, 0.25) is 0 Å². The molecule has 2 nitrogen and oxygen atoms in total. The number of ether oxygens (including phenoxy) is 1. The Morgan fingerprint density at radius 1 is 0.812 bits per heavy atom. The van der Waals surface area contributed by atoms with E-state index in [1.165, 1.54) is 16.0 Å². The number of nitrogens with zero attached hydrogens (tertiary/aromatic N) is 1. The molecule has 0 N–H and O–H groups in total. The topological polar surface area (TPSA) is 12.5 Å². The van der Waals surface area contributed by atoms with Crippen LogP contribution in [-0.4, -0.2) is 35.9 Å². The highest BCUT2D eigenvalue weighted by atomic mass is 32.2. The molecule has 0 aliphatic carbocycles. The molecule has 0 radical (unpaired) electrons. The molecule has 0 spiro atoms. The Labute approximate surface area is 199 Å². The lowest BCUT2D eigenvalue weighted by atomic mass is 9.92. The fourth-order valence-corrected chi connectivity index (χ4v) is 5.09. The first-order valence-electron chi connectivity index (χ1n) is 11.9. The molecular formula is C29H37NOS. The van der Waals surface area contributed by atoms with E-state index in [0.29, 0.717) is 0 Å². The zero-order valence-corrected chi connectivity index (χ0v) is 20.6. The van der Waals surface area contributed by atoms with Crippen LogP contribution < -0.4 is 4.74 Å². The van der Waals surface area contributed by atoms with E-state index in [9.17, 15) is 0 Å². The van der Waals surface area contributed by atoms with Crippen LogP contribution in [0.15, 0.2) is 89.8 Å². The van der Waals surface area contributed by atoms with Crippen molar-refractivity contribution in [1.82, 2.24) is 4.90 Å². The molecule has 0 bridgehead atoms. The van der Waals surface area contributed by atoms with Crippen molar-refractivity contribution < 1.29 is 4.74 Å². The third kappa shape index (κ3) is 7.43. The lowest BCUT2D eigenvalue weighted by molar-refractivity contribution is 0.0211. The zero-order valence-electron chi connectivity index (χ0n) is 19.8. The third-order valence-electron chi connectivity index (χ3n) is 5.93. The standard InChI is InChI=1S/C27H31NOS.C2H6/c1-23-12-14-26(15-13-23)30-22-27(29-25-10-6-3-7-11-25)17-20-28(21-18-27)19-16-24-8-4-2-5-9-24;1-2/h2-15H,16-22H2,1H3;1-2H3. The van der Waals surface area contributed by atoms with Gasteiger partial charge in [0.25, 0.3) is 0 Å². The molecule has 0 amide bonds. The van der Waals surface area contributed by atoms with Gasteiger partial charge in [-0.1, -0.05) is 80.1 Å². The van der Waals surface area contributed by atoms with E-state index in [0.717, 1.165) is 50.4 Å². The van der Waals surface area contributed by atoms with E-state index < -0.39 is 0 Å². The maximum atomic E-state index is 6.65. The van der Waals surface area contributed by atoms with Crippen LogP contribution in [0.5, 0.6) is 5.75 Å². The van der Waals surface area contributed by atoms with Gasteiger partial charge < -0.3 is 9.64 Å². The van der Waals surface area contributed by atoms with Gasteiger partial charge >= 0.3 is 0 Å². The van der Waals surface area contributed by atoms with Gasteiger partial charge in [-0.15, -0.1) is 11.8 Å². The second-order valence-electron chi connectivity index (χ2n) is 8.28. The number of para-hydroxylation sites is 1. The van der Waals surface area contributed by atoms with Crippen LogP contribution in [0.1, 0.15) is 37.8 Å². The Kier molecular flexibility index (Phi) is 9.70. The Bertz CT molecular complexity index is 887. The van der Waals surface area contributed by atoms with Gasteiger partial charge in [0.05, 0.1) is 0 Å². The second-order valence-corrected chi connectivity index (χ2v) is 9.33. The van der Waals surface area contributed by atoms with Crippen molar-refractivity contribution >= 4 is 11.8 Å². The fraction of sp³-hybridized carbons (Fsp3) is 0.379. The summed E-state index contributed by atoms with van der Waals surface area (Å²) >= 11 is 1.92. The molecule has 3 aromatic rings. The minimum atomic E-state index is -0.111. The number of likely N-dealkylation sites (tertiary alicyclic amines) is 1. The average Bonchev–Trinajstić information content (AvgIpc) is 2.86. The molecule has 3 heteroatoms. The van der Waals surface area contributed by atoms with Crippen molar-refractivity contribution in [3.8, 4) is 5.75 Å². The fourth-order valence-electron chi connectivity index (χ4n) is 3.98. The van der Waals surface area contributed by atoms with Gasteiger partial charge in [-0.3, -0.25) is 0 Å². The molecule has 0 atom stereocenters. The molecule has 4 rings (SSSR count). The number of piperidine rings is 1. The number of hydrogen-bond donors (Lipinski definition) is 0. The maximum Gasteiger partial charge on any atom is 0.121 e. The molecular weight excluding hydrogens is 410 g/mol. The number of rotatable bonds is 8. The molecule has 0 unspecified atom stereocenters. The highest BCUT2D eigenvalue weighted by molar-refractivity contribution is 7.99. The Balaban J connectivity index is 0.00000141. The summed E-state index contributed by atoms with van der Waals surface area (Å²) in [6, 6.07) is 30.0. The van der Waals surface area contributed by atoms with E-state index in [1.54, 1.807) is 0 Å². The molecule has 1 aliphatic heterocycles. The predicted octanol–water partition coefficient (Wildman–Crippen LogP) is 7.27. The van der Waals surface area contributed by atoms with Crippen LogP contribution in [0, 0.1) is 6.92 Å². The Morgan fingerprint density at radius 3 is 2.03 bits per heavy atom. The van der Waals surface area contributed by atoms with Crippen LogP contribution in [0.3, 0.4) is 0 Å². The summed E-state index contributed by atoms with van der Waals surface area (Å²) < 4.78 is 6.65. The summed E-state index contributed by atoms with van der Waals surface area (Å²) in [5.74, 6) is 1.97. The first kappa shape index (κ1) is 24.4. The van der Waals surface area contributed by atoms with Crippen LogP contribution in [0.25, 0.3) is 0 Å². The Hall–Kier alpha value is -2.23. The van der Waals surface area contributed by atoms with Gasteiger partial charge in [0, 0.05) is 43.1 Å². The molecule has 1 fully saturated rings. The summed E-state index contributed by atoms with van der Waals surface area (Å²) in [6.45, 7) is 9.44. The van der Waals surface area contributed by atoms with E-state index in [1.807, 2.05) is 31.7 Å². The van der Waals surface area contributed by atoms with Crippen molar-refractivity contribution in [2.75, 3.05) is 25.4 Å². The first-order valence-corrected chi connectivity index (χ1v) is 12.9. The van der Waals surface area contributed by atoms with Gasteiger partial charge in [0.1, 0.15) is 11.4 Å². The molecule has 0 saturated carbocycles. The van der Waals surface area contributed by atoms with Crippen molar-refractivity contribution in [3.63, 3.8) is 0 Å². The predicted molar refractivity (Wildman–Crippen MR) is 139 cm³/mol. The lowest BCUT2D eigenvalue weighted by Gasteiger charge is -2.42. The minimum Gasteiger partial charge on any atom is -0.486 e. The summed E-state index contributed by atoms with van der Waals surface area (Å²) in [5, 5.41) is 0. The SMILES string of the molecule is CC.Cc1ccc(SCC2(Oc3ccccc3)CCN(CCc3ccccc3)CC2)cc1. The van der Waals surface area contributed by atoms with Crippen molar-refractivity contribution in [1.29, 1.82) is 0 Å². The van der Waals surface area contributed by atoms with E-state index >= 15 is 0 Å². The van der Waals surface area contributed by atoms with Crippen LogP contribution in [0.4, 0.5) is 0 Å². The van der Waals surface area contributed by atoms with Crippen molar-refractivity contribution in [3.05, 3.63) is 96.1 Å². The quantitative estimate of drug-likeness (QED) is 0.337. The highest BCUT2D eigenvalue weighted by Gasteiger charge is 2.36. The summed E-state index contributed by atoms with van der Waals surface area (Å²) in [6.07, 6.45) is 3.25. The van der Waals surface area contributed by atoms with Crippen LogP contribution in [-0.2, 0) is 6.42 Å². The monoisotopic (exact) mass is 447 g/mol. The Morgan fingerprint density at radius 2 is 1.41 bits per heavy atom. The molecule has 1 aliphatic rings. The normalized spacial score (nSPS) is 15.5. The summed E-state index contributed by atoms with van der Waals surface area (Å²) in [5.41, 5.74) is 2.62. The summed E-state index contributed by atoms with van der Waals surface area (Å²) in [7, 11) is 0. The largest absolute Gasteiger partial charge is 0.486 e. The lowest BCUT2D eigenvalue weighted by Crippen LogP contribution is -2.50. The smallest absolute Gasteiger partial charge is 0.121 e. The van der Waals surface area contributed by atoms with Gasteiger partial charge in [0.15, 0.2) is 0 Å².